The summed E-state index contributed by atoms with van der Waals surface area (Å²) in [6, 6.07) is 11.9. The Hall–Kier alpha value is -3.42. The molecule has 2 aliphatic rings. The predicted molar refractivity (Wildman–Crippen MR) is 112 cm³/mol. The number of ether oxygens (including phenoxy) is 1. The molecule has 2 aromatic rings. The van der Waals surface area contributed by atoms with Gasteiger partial charge >= 0.3 is 6.09 Å². The topological polar surface area (TPSA) is 79.0 Å². The monoisotopic (exact) mass is 425 g/mol. The van der Waals surface area contributed by atoms with E-state index in [0.29, 0.717) is 29.9 Å². The number of halogens is 1. The van der Waals surface area contributed by atoms with Crippen molar-refractivity contribution in [1.29, 1.82) is 0 Å². The van der Waals surface area contributed by atoms with Gasteiger partial charge in [0.25, 0.3) is 0 Å². The number of nitrogens with zero attached hydrogens (tertiary/aromatic N) is 2. The summed E-state index contributed by atoms with van der Waals surface area (Å²) >= 11 is 0. The van der Waals surface area contributed by atoms with Crippen molar-refractivity contribution in [3.63, 3.8) is 0 Å². The van der Waals surface area contributed by atoms with Crippen LogP contribution in [0.5, 0.6) is 0 Å². The van der Waals surface area contributed by atoms with Gasteiger partial charge in [-0.05, 0) is 48.2 Å². The Labute approximate surface area is 179 Å². The lowest BCUT2D eigenvalue weighted by Gasteiger charge is -2.28. The highest BCUT2D eigenvalue weighted by Gasteiger charge is 2.48. The first kappa shape index (κ1) is 20.8. The number of cyclic esters (lactones) is 1. The van der Waals surface area contributed by atoms with Gasteiger partial charge in [-0.25, -0.2) is 9.18 Å². The zero-order valence-electron chi connectivity index (χ0n) is 17.2. The van der Waals surface area contributed by atoms with Gasteiger partial charge < -0.3 is 15.0 Å². The summed E-state index contributed by atoms with van der Waals surface area (Å²) in [6.45, 7) is 2.87. The van der Waals surface area contributed by atoms with Gasteiger partial charge in [-0.1, -0.05) is 24.3 Å². The molecule has 3 amide bonds. The fraction of sp³-hybridized carbons (Fsp3) is 0.348. The maximum absolute atomic E-state index is 13.4. The van der Waals surface area contributed by atoms with Gasteiger partial charge in [-0.3, -0.25) is 14.5 Å². The fourth-order valence-electron chi connectivity index (χ4n) is 4.06. The zero-order valence-corrected chi connectivity index (χ0v) is 17.2. The number of carbonyl (C=O) groups excluding carboxylic acids is 3. The normalized spacial score (nSPS) is 20.6. The molecule has 0 spiro atoms. The lowest BCUT2D eigenvalue weighted by molar-refractivity contribution is -0.135. The average Bonchev–Trinajstić information content (AvgIpc) is 3.38. The number of anilines is 1. The summed E-state index contributed by atoms with van der Waals surface area (Å²) in [4.78, 5) is 40.6. The van der Waals surface area contributed by atoms with Crippen molar-refractivity contribution in [2.75, 3.05) is 18.4 Å². The third-order valence-electron chi connectivity index (χ3n) is 5.58. The van der Waals surface area contributed by atoms with Crippen molar-refractivity contribution < 1.29 is 23.5 Å². The predicted octanol–water partition coefficient (Wildman–Crippen LogP) is 3.47. The van der Waals surface area contributed by atoms with Crippen LogP contribution >= 0.6 is 0 Å². The lowest BCUT2D eigenvalue weighted by Crippen LogP contribution is -2.47. The number of nitrogens with one attached hydrogen (secondary N) is 1. The summed E-state index contributed by atoms with van der Waals surface area (Å²) in [5, 5.41) is 2.69. The molecule has 8 heteroatoms. The van der Waals surface area contributed by atoms with Gasteiger partial charge in [0, 0.05) is 25.7 Å². The Morgan fingerprint density at radius 1 is 1.06 bits per heavy atom. The highest BCUT2D eigenvalue weighted by atomic mass is 19.1. The van der Waals surface area contributed by atoms with Crippen molar-refractivity contribution in [3.05, 3.63) is 65.5 Å². The Kier molecular flexibility index (Phi) is 5.88. The van der Waals surface area contributed by atoms with Crippen LogP contribution < -0.4 is 5.32 Å². The molecule has 0 saturated carbocycles. The zero-order chi connectivity index (χ0) is 22.0. The van der Waals surface area contributed by atoms with Crippen LogP contribution in [0.1, 0.15) is 37.0 Å². The van der Waals surface area contributed by atoms with E-state index in [1.165, 1.54) is 24.0 Å². The third-order valence-corrected chi connectivity index (χ3v) is 5.58. The quantitative estimate of drug-likeness (QED) is 0.796. The Bertz CT molecular complexity index is 971. The van der Waals surface area contributed by atoms with E-state index in [4.69, 9.17) is 4.74 Å². The summed E-state index contributed by atoms with van der Waals surface area (Å²) in [5.41, 5.74) is 1.99. The molecule has 2 saturated heterocycles. The van der Waals surface area contributed by atoms with Crippen LogP contribution in [0.3, 0.4) is 0 Å². The Morgan fingerprint density at radius 3 is 2.32 bits per heavy atom. The molecule has 162 valence electrons. The van der Waals surface area contributed by atoms with E-state index >= 15 is 0 Å². The fourth-order valence-corrected chi connectivity index (χ4v) is 4.06. The number of carbonyl (C=O) groups is 3. The Morgan fingerprint density at radius 2 is 1.71 bits per heavy atom. The van der Waals surface area contributed by atoms with Gasteiger partial charge in [0.15, 0.2) is 12.1 Å². The molecule has 2 heterocycles. The van der Waals surface area contributed by atoms with Crippen molar-refractivity contribution in [1.82, 2.24) is 9.80 Å². The van der Waals surface area contributed by atoms with Crippen LogP contribution in [0.25, 0.3) is 0 Å². The highest BCUT2D eigenvalue weighted by molar-refractivity contribution is 5.90. The molecular weight excluding hydrogens is 401 g/mol. The second kappa shape index (κ2) is 8.75. The second-order valence-electron chi connectivity index (χ2n) is 7.84. The molecule has 0 radical (unpaired) electrons. The maximum Gasteiger partial charge on any atom is 0.411 e. The van der Waals surface area contributed by atoms with Crippen LogP contribution in [0.2, 0.25) is 0 Å². The molecule has 2 aliphatic heterocycles. The molecule has 2 aromatic carbocycles. The number of rotatable bonds is 5. The third kappa shape index (κ3) is 4.52. The number of hydrogen-bond acceptors (Lipinski definition) is 4. The molecule has 31 heavy (non-hydrogen) atoms. The standard InChI is InChI=1S/C23H24FN3O4/c1-15(28)25-19-10-6-17(7-11-19)21-20(22(29)26-12-2-3-13-26)27(23(30)31-21)14-16-4-8-18(24)9-5-16/h4-11,20-21H,2-3,12-14H2,1H3,(H,25,28). The first-order chi connectivity index (χ1) is 14.9. The summed E-state index contributed by atoms with van der Waals surface area (Å²) in [6.07, 6.45) is 0.507. The summed E-state index contributed by atoms with van der Waals surface area (Å²) in [7, 11) is 0. The van der Waals surface area contributed by atoms with E-state index in [0.717, 1.165) is 12.8 Å². The minimum Gasteiger partial charge on any atom is -0.438 e. The van der Waals surface area contributed by atoms with E-state index in [1.807, 2.05) is 0 Å². The van der Waals surface area contributed by atoms with Gasteiger partial charge in [0.1, 0.15) is 5.82 Å². The van der Waals surface area contributed by atoms with Crippen LogP contribution in [0.15, 0.2) is 48.5 Å². The minimum absolute atomic E-state index is 0.143. The van der Waals surface area contributed by atoms with Crippen LogP contribution in [0, 0.1) is 5.82 Å². The largest absolute Gasteiger partial charge is 0.438 e. The van der Waals surface area contributed by atoms with Crippen LogP contribution in [0.4, 0.5) is 14.9 Å². The minimum atomic E-state index is -0.817. The van der Waals surface area contributed by atoms with Gasteiger partial charge in [0.2, 0.25) is 11.8 Å². The molecule has 0 bridgehead atoms. The highest BCUT2D eigenvalue weighted by Crippen LogP contribution is 2.36. The smallest absolute Gasteiger partial charge is 0.411 e. The van der Waals surface area contributed by atoms with Crippen molar-refractivity contribution in [3.8, 4) is 0 Å². The molecule has 7 nitrogen and oxygen atoms in total. The molecule has 2 fully saturated rings. The summed E-state index contributed by atoms with van der Waals surface area (Å²) in [5.74, 6) is -0.705. The lowest BCUT2D eigenvalue weighted by atomic mass is 10.00. The maximum atomic E-state index is 13.4. The first-order valence-corrected chi connectivity index (χ1v) is 10.3. The average molecular weight is 425 g/mol. The van der Waals surface area contributed by atoms with E-state index in [-0.39, 0.29) is 24.2 Å². The van der Waals surface area contributed by atoms with Crippen molar-refractivity contribution in [2.45, 2.75) is 38.5 Å². The molecular formula is C23H24FN3O4. The van der Waals surface area contributed by atoms with E-state index in [2.05, 4.69) is 5.32 Å². The molecule has 0 aliphatic carbocycles. The Balaban J connectivity index is 1.63. The van der Waals surface area contributed by atoms with Crippen molar-refractivity contribution in [2.24, 2.45) is 0 Å². The molecule has 1 N–H and O–H groups in total. The van der Waals surface area contributed by atoms with Crippen molar-refractivity contribution >= 4 is 23.6 Å². The molecule has 4 rings (SSSR count). The number of hydrogen-bond donors (Lipinski definition) is 1. The summed E-state index contributed by atoms with van der Waals surface area (Å²) < 4.78 is 18.9. The van der Waals surface area contributed by atoms with Gasteiger partial charge in [0.05, 0.1) is 6.54 Å². The number of amides is 3. The first-order valence-electron chi connectivity index (χ1n) is 10.3. The molecule has 2 unspecified atom stereocenters. The molecule has 2 atom stereocenters. The van der Waals surface area contributed by atoms with E-state index in [9.17, 15) is 18.8 Å². The van der Waals surface area contributed by atoms with Crippen LogP contribution in [-0.4, -0.2) is 46.8 Å². The second-order valence-corrected chi connectivity index (χ2v) is 7.84. The van der Waals surface area contributed by atoms with Crippen LogP contribution in [-0.2, 0) is 20.9 Å². The van der Waals surface area contributed by atoms with E-state index < -0.39 is 18.2 Å². The number of benzene rings is 2. The van der Waals surface area contributed by atoms with E-state index in [1.54, 1.807) is 41.3 Å². The SMILES string of the molecule is CC(=O)Nc1ccc(C2OC(=O)N(Cc3ccc(F)cc3)C2C(=O)N2CCCC2)cc1. The van der Waals surface area contributed by atoms with Gasteiger partial charge in [-0.2, -0.15) is 0 Å². The van der Waals surface area contributed by atoms with Gasteiger partial charge in [-0.15, -0.1) is 0 Å². The number of likely N-dealkylation sites (tertiary alicyclic amines) is 1. The molecule has 0 aromatic heterocycles.